The Morgan fingerprint density at radius 3 is 1.80 bits per heavy atom. The van der Waals surface area contributed by atoms with Crippen LogP contribution in [0.15, 0.2) is 48.5 Å². The van der Waals surface area contributed by atoms with Gasteiger partial charge in [0.2, 0.25) is 0 Å². The van der Waals surface area contributed by atoms with Crippen molar-refractivity contribution in [2.24, 2.45) is 5.73 Å². The van der Waals surface area contributed by atoms with E-state index in [1.807, 2.05) is 0 Å². The predicted molar refractivity (Wildman–Crippen MR) is 79.7 cm³/mol. The molecule has 0 atom stereocenters. The molecule has 0 radical (unpaired) electrons. The first-order valence-electron chi connectivity index (χ1n) is 6.06. The van der Waals surface area contributed by atoms with Crippen LogP contribution >= 0.6 is 12.2 Å². The van der Waals surface area contributed by atoms with Crippen LogP contribution in [0.4, 0.5) is 4.39 Å². The number of benzene rings is 2. The Hall–Kier alpha value is -2.14. The first-order chi connectivity index (χ1) is 9.65. The lowest BCUT2D eigenvalue weighted by atomic mass is 10.2. The van der Waals surface area contributed by atoms with Crippen molar-refractivity contribution in [2.45, 2.75) is 0 Å². The molecule has 0 unspecified atom stereocenters. The van der Waals surface area contributed by atoms with Crippen molar-refractivity contribution in [1.29, 1.82) is 0 Å². The Labute approximate surface area is 122 Å². The lowest BCUT2D eigenvalue weighted by Crippen LogP contribution is -2.10. The monoisotopic (exact) mass is 291 g/mol. The molecule has 2 N–H and O–H groups in total. The van der Waals surface area contributed by atoms with Crippen molar-refractivity contribution in [1.82, 2.24) is 0 Å². The molecule has 2 aromatic carbocycles. The number of ether oxygens (including phenoxy) is 2. The van der Waals surface area contributed by atoms with Crippen LogP contribution in [0.1, 0.15) is 5.56 Å². The maximum atomic E-state index is 12.7. The minimum atomic E-state index is -0.286. The summed E-state index contributed by atoms with van der Waals surface area (Å²) in [5.74, 6) is 1.04. The summed E-state index contributed by atoms with van der Waals surface area (Å²) in [4.78, 5) is 0.358. The molecule has 0 fully saturated rings. The number of thiocarbonyl (C=S) groups is 1. The summed E-state index contributed by atoms with van der Waals surface area (Å²) in [7, 11) is 0. The van der Waals surface area contributed by atoms with E-state index >= 15 is 0 Å². The van der Waals surface area contributed by atoms with Gasteiger partial charge in [-0.2, -0.15) is 0 Å². The summed E-state index contributed by atoms with van der Waals surface area (Å²) in [5, 5.41) is 0. The summed E-state index contributed by atoms with van der Waals surface area (Å²) in [5.41, 5.74) is 6.31. The van der Waals surface area contributed by atoms with Crippen molar-refractivity contribution < 1.29 is 13.9 Å². The van der Waals surface area contributed by atoms with Gasteiger partial charge in [-0.05, 0) is 48.5 Å². The molecule has 2 aromatic rings. The van der Waals surface area contributed by atoms with Crippen molar-refractivity contribution in [3.05, 3.63) is 59.9 Å². The van der Waals surface area contributed by atoms with Crippen LogP contribution in [0.5, 0.6) is 11.5 Å². The van der Waals surface area contributed by atoms with Crippen LogP contribution < -0.4 is 15.2 Å². The largest absolute Gasteiger partial charge is 0.490 e. The van der Waals surface area contributed by atoms with Crippen LogP contribution in [0.25, 0.3) is 0 Å². The van der Waals surface area contributed by atoms with E-state index in [0.29, 0.717) is 29.7 Å². The second-order valence-electron chi connectivity index (χ2n) is 4.04. The highest BCUT2D eigenvalue weighted by Gasteiger charge is 1.98. The molecule has 2 rings (SSSR count). The summed E-state index contributed by atoms with van der Waals surface area (Å²) < 4.78 is 23.6. The Morgan fingerprint density at radius 2 is 1.35 bits per heavy atom. The maximum Gasteiger partial charge on any atom is 0.123 e. The Morgan fingerprint density at radius 1 is 0.900 bits per heavy atom. The van der Waals surface area contributed by atoms with Gasteiger partial charge < -0.3 is 15.2 Å². The molecular weight excluding hydrogens is 277 g/mol. The van der Waals surface area contributed by atoms with E-state index in [9.17, 15) is 4.39 Å². The summed E-state index contributed by atoms with van der Waals surface area (Å²) in [6, 6.07) is 13.1. The molecule has 3 nitrogen and oxygen atoms in total. The molecule has 0 spiro atoms. The van der Waals surface area contributed by atoms with E-state index in [1.54, 1.807) is 36.4 Å². The summed E-state index contributed by atoms with van der Waals surface area (Å²) in [6.45, 7) is 0.770. The highest BCUT2D eigenvalue weighted by molar-refractivity contribution is 7.80. The fourth-order valence-electron chi connectivity index (χ4n) is 1.57. The van der Waals surface area contributed by atoms with E-state index < -0.39 is 0 Å². The standard InChI is InChI=1S/C15H14FNO2S/c16-12-3-7-14(8-4-12)19-10-9-18-13-5-1-11(2-6-13)15(17)20/h1-8H,9-10H2,(H2,17,20). The number of rotatable bonds is 6. The highest BCUT2D eigenvalue weighted by atomic mass is 32.1. The molecule has 20 heavy (non-hydrogen) atoms. The fourth-order valence-corrected chi connectivity index (χ4v) is 1.70. The third-order valence-electron chi connectivity index (χ3n) is 2.57. The summed E-state index contributed by atoms with van der Waals surface area (Å²) >= 11 is 4.87. The quantitative estimate of drug-likeness (QED) is 0.656. The van der Waals surface area contributed by atoms with E-state index in [0.717, 1.165) is 5.56 Å². The molecule has 104 valence electrons. The van der Waals surface area contributed by atoms with Gasteiger partial charge in [0.25, 0.3) is 0 Å². The van der Waals surface area contributed by atoms with Gasteiger partial charge in [-0.3, -0.25) is 0 Å². The predicted octanol–water partition coefficient (Wildman–Crippen LogP) is 2.92. The van der Waals surface area contributed by atoms with Gasteiger partial charge in [-0.15, -0.1) is 0 Å². The van der Waals surface area contributed by atoms with Gasteiger partial charge in [0.1, 0.15) is 35.5 Å². The zero-order valence-corrected chi connectivity index (χ0v) is 11.5. The number of hydrogen-bond acceptors (Lipinski definition) is 3. The zero-order valence-electron chi connectivity index (χ0n) is 10.7. The number of nitrogens with two attached hydrogens (primary N) is 1. The topological polar surface area (TPSA) is 44.5 Å². The van der Waals surface area contributed by atoms with Gasteiger partial charge in [0.05, 0.1) is 0 Å². The summed E-state index contributed by atoms with van der Waals surface area (Å²) in [6.07, 6.45) is 0. The molecule has 0 heterocycles. The minimum Gasteiger partial charge on any atom is -0.490 e. The van der Waals surface area contributed by atoms with Crippen molar-refractivity contribution in [3.63, 3.8) is 0 Å². The van der Waals surface area contributed by atoms with Crippen LogP contribution in [-0.2, 0) is 0 Å². The van der Waals surface area contributed by atoms with Crippen LogP contribution in [0, 0.1) is 5.82 Å². The molecule has 0 aromatic heterocycles. The molecule has 0 aliphatic heterocycles. The van der Waals surface area contributed by atoms with Gasteiger partial charge in [-0.1, -0.05) is 12.2 Å². The van der Waals surface area contributed by atoms with Crippen molar-refractivity contribution >= 4 is 17.2 Å². The van der Waals surface area contributed by atoms with Crippen molar-refractivity contribution in [3.8, 4) is 11.5 Å². The van der Waals surface area contributed by atoms with Crippen molar-refractivity contribution in [2.75, 3.05) is 13.2 Å². The number of hydrogen-bond donors (Lipinski definition) is 1. The molecule has 0 saturated heterocycles. The molecule has 0 saturated carbocycles. The first-order valence-corrected chi connectivity index (χ1v) is 6.47. The van der Waals surface area contributed by atoms with E-state index in [2.05, 4.69) is 0 Å². The van der Waals surface area contributed by atoms with Gasteiger partial charge >= 0.3 is 0 Å². The molecule has 0 amide bonds. The smallest absolute Gasteiger partial charge is 0.123 e. The normalized spacial score (nSPS) is 10.1. The van der Waals surface area contributed by atoms with Crippen LogP contribution in [0.2, 0.25) is 0 Å². The van der Waals surface area contributed by atoms with Gasteiger partial charge in [0, 0.05) is 5.56 Å². The third kappa shape index (κ3) is 4.20. The van der Waals surface area contributed by atoms with Crippen LogP contribution in [0.3, 0.4) is 0 Å². The second-order valence-corrected chi connectivity index (χ2v) is 4.48. The fraction of sp³-hybridized carbons (Fsp3) is 0.133. The Kier molecular flexibility index (Phi) is 4.90. The second kappa shape index (κ2) is 6.86. The van der Waals surface area contributed by atoms with E-state index in [1.165, 1.54) is 12.1 Å². The molecule has 5 heteroatoms. The zero-order chi connectivity index (χ0) is 14.4. The third-order valence-corrected chi connectivity index (χ3v) is 2.81. The number of halogens is 1. The lowest BCUT2D eigenvalue weighted by molar-refractivity contribution is 0.217. The highest BCUT2D eigenvalue weighted by Crippen LogP contribution is 2.13. The van der Waals surface area contributed by atoms with Crippen LogP contribution in [-0.4, -0.2) is 18.2 Å². The van der Waals surface area contributed by atoms with E-state index in [-0.39, 0.29) is 5.82 Å². The SMILES string of the molecule is NC(=S)c1ccc(OCCOc2ccc(F)cc2)cc1. The lowest BCUT2D eigenvalue weighted by Gasteiger charge is -2.08. The average molecular weight is 291 g/mol. The Balaban J connectivity index is 1.75. The maximum absolute atomic E-state index is 12.7. The molecule has 0 aliphatic carbocycles. The Bertz CT molecular complexity index is 569. The molecular formula is C15H14FNO2S. The first kappa shape index (κ1) is 14.3. The van der Waals surface area contributed by atoms with E-state index in [4.69, 9.17) is 27.4 Å². The molecule has 0 aliphatic rings. The average Bonchev–Trinajstić information content (AvgIpc) is 2.46. The van der Waals surface area contributed by atoms with Gasteiger partial charge in [-0.25, -0.2) is 4.39 Å². The van der Waals surface area contributed by atoms with Gasteiger partial charge in [0.15, 0.2) is 0 Å². The molecule has 0 bridgehead atoms. The minimum absolute atomic E-state index is 0.286.